The average molecular weight is 236 g/mol. The van der Waals surface area contributed by atoms with Crippen molar-refractivity contribution in [3.8, 4) is 0 Å². The van der Waals surface area contributed by atoms with E-state index in [-0.39, 0.29) is 11.7 Å². The van der Waals surface area contributed by atoms with Crippen LogP contribution in [0.3, 0.4) is 0 Å². The van der Waals surface area contributed by atoms with E-state index in [9.17, 15) is 9.18 Å². The van der Waals surface area contributed by atoms with Crippen LogP contribution in [-0.2, 0) is 0 Å². The van der Waals surface area contributed by atoms with Crippen LogP contribution < -0.4 is 5.32 Å². The molecule has 0 spiro atoms. The van der Waals surface area contributed by atoms with Crippen LogP contribution in [0, 0.1) is 12.7 Å². The Bertz CT molecular complexity index is 507. The molecule has 2 aromatic rings. The highest BCUT2D eigenvalue weighted by atomic mass is 32.1. The number of aryl methyl sites for hydroxylation is 1. The average Bonchev–Trinajstić information content (AvgIpc) is 2.65. The standard InChI is InChI=1S/C11H9FN2OS/c1-7-6-10(16-14-7)13-11(15)8-2-4-9(12)5-3-8/h2-6H,1H3,(H,13,15). The lowest BCUT2D eigenvalue weighted by atomic mass is 10.2. The van der Waals surface area contributed by atoms with Crippen LogP contribution in [0.5, 0.6) is 0 Å². The maximum Gasteiger partial charge on any atom is 0.256 e. The van der Waals surface area contributed by atoms with Crippen molar-refractivity contribution in [1.82, 2.24) is 4.37 Å². The fourth-order valence-corrected chi connectivity index (χ4v) is 1.86. The number of hydrogen-bond donors (Lipinski definition) is 1. The molecule has 0 unspecified atom stereocenters. The normalized spacial score (nSPS) is 10.1. The van der Waals surface area contributed by atoms with Crippen molar-refractivity contribution in [2.24, 2.45) is 0 Å². The van der Waals surface area contributed by atoms with Gasteiger partial charge in [0.05, 0.1) is 5.69 Å². The van der Waals surface area contributed by atoms with Gasteiger partial charge in [0.2, 0.25) is 0 Å². The Labute approximate surface area is 96.1 Å². The van der Waals surface area contributed by atoms with Gasteiger partial charge >= 0.3 is 0 Å². The van der Waals surface area contributed by atoms with E-state index >= 15 is 0 Å². The Morgan fingerprint density at radius 2 is 2.06 bits per heavy atom. The molecule has 0 radical (unpaired) electrons. The summed E-state index contributed by atoms with van der Waals surface area (Å²) in [5.41, 5.74) is 1.28. The summed E-state index contributed by atoms with van der Waals surface area (Å²) in [6.45, 7) is 1.85. The molecule has 0 atom stereocenters. The molecule has 1 aromatic carbocycles. The number of nitrogens with one attached hydrogen (secondary N) is 1. The van der Waals surface area contributed by atoms with Gasteiger partial charge in [0.25, 0.3) is 5.91 Å². The summed E-state index contributed by atoms with van der Waals surface area (Å²) < 4.78 is 16.7. The van der Waals surface area contributed by atoms with Gasteiger partial charge in [0.15, 0.2) is 0 Å². The molecule has 3 nitrogen and oxygen atoms in total. The summed E-state index contributed by atoms with van der Waals surface area (Å²) in [7, 11) is 0. The van der Waals surface area contributed by atoms with Crippen LogP contribution in [0.25, 0.3) is 0 Å². The molecule has 0 aliphatic rings. The first-order chi connectivity index (χ1) is 7.65. The zero-order valence-corrected chi connectivity index (χ0v) is 9.34. The van der Waals surface area contributed by atoms with E-state index in [1.165, 1.54) is 35.8 Å². The van der Waals surface area contributed by atoms with Crippen LogP contribution in [0.15, 0.2) is 30.3 Å². The van der Waals surface area contributed by atoms with Crippen LogP contribution in [-0.4, -0.2) is 10.3 Å². The van der Waals surface area contributed by atoms with Crippen molar-refractivity contribution >= 4 is 22.4 Å². The number of hydrogen-bond acceptors (Lipinski definition) is 3. The molecule has 16 heavy (non-hydrogen) atoms. The monoisotopic (exact) mass is 236 g/mol. The third-order valence-corrected chi connectivity index (χ3v) is 2.77. The molecule has 0 saturated heterocycles. The Kier molecular flexibility index (Phi) is 2.96. The summed E-state index contributed by atoms with van der Waals surface area (Å²) in [6.07, 6.45) is 0. The fourth-order valence-electron chi connectivity index (χ4n) is 1.21. The van der Waals surface area contributed by atoms with Gasteiger partial charge < -0.3 is 5.32 Å². The number of nitrogens with zero attached hydrogens (tertiary/aromatic N) is 1. The maximum atomic E-state index is 12.6. The van der Waals surface area contributed by atoms with Crippen LogP contribution in [0.4, 0.5) is 9.39 Å². The van der Waals surface area contributed by atoms with E-state index in [1.807, 2.05) is 6.92 Å². The lowest BCUT2D eigenvalue weighted by Crippen LogP contribution is -2.10. The minimum Gasteiger partial charge on any atom is -0.312 e. The number of rotatable bonds is 2. The number of carbonyl (C=O) groups is 1. The van der Waals surface area contributed by atoms with Gasteiger partial charge in [-0.05, 0) is 48.8 Å². The van der Waals surface area contributed by atoms with Gasteiger partial charge in [-0.3, -0.25) is 4.79 Å². The number of anilines is 1. The van der Waals surface area contributed by atoms with E-state index < -0.39 is 0 Å². The first-order valence-electron chi connectivity index (χ1n) is 4.65. The van der Waals surface area contributed by atoms with Gasteiger partial charge in [-0.1, -0.05) is 0 Å². The van der Waals surface area contributed by atoms with E-state index in [2.05, 4.69) is 9.69 Å². The third-order valence-electron chi connectivity index (χ3n) is 1.97. The smallest absolute Gasteiger partial charge is 0.256 e. The van der Waals surface area contributed by atoms with Crippen molar-refractivity contribution in [2.75, 3.05) is 5.32 Å². The van der Waals surface area contributed by atoms with E-state index in [0.717, 1.165) is 5.69 Å². The van der Waals surface area contributed by atoms with Crippen LogP contribution >= 0.6 is 11.5 Å². The molecule has 1 aromatic heterocycles. The SMILES string of the molecule is Cc1cc(NC(=O)c2ccc(F)cc2)sn1. The second-order valence-corrected chi connectivity index (χ2v) is 4.10. The zero-order valence-electron chi connectivity index (χ0n) is 8.53. The minimum absolute atomic E-state index is 0.261. The molecule has 0 fully saturated rings. The Morgan fingerprint density at radius 1 is 1.38 bits per heavy atom. The summed E-state index contributed by atoms with van der Waals surface area (Å²) in [6, 6.07) is 7.18. The molecule has 0 aliphatic heterocycles. The summed E-state index contributed by atoms with van der Waals surface area (Å²) in [5, 5.41) is 3.38. The lowest BCUT2D eigenvalue weighted by Gasteiger charge is -2.01. The highest BCUT2D eigenvalue weighted by Crippen LogP contribution is 2.16. The molecule has 0 bridgehead atoms. The number of carbonyl (C=O) groups excluding carboxylic acids is 1. The largest absolute Gasteiger partial charge is 0.312 e. The second-order valence-electron chi connectivity index (χ2n) is 3.29. The highest BCUT2D eigenvalue weighted by Gasteiger charge is 2.07. The van der Waals surface area contributed by atoms with Crippen LogP contribution in [0.2, 0.25) is 0 Å². The third kappa shape index (κ3) is 2.43. The molecule has 82 valence electrons. The molecular formula is C11H9FN2OS. The Hall–Kier alpha value is -1.75. The first-order valence-corrected chi connectivity index (χ1v) is 5.43. The Balaban J connectivity index is 2.11. The van der Waals surface area contributed by atoms with E-state index in [0.29, 0.717) is 10.6 Å². The van der Waals surface area contributed by atoms with Gasteiger partial charge in [-0.25, -0.2) is 4.39 Å². The highest BCUT2D eigenvalue weighted by molar-refractivity contribution is 7.10. The number of benzene rings is 1. The Morgan fingerprint density at radius 3 is 2.62 bits per heavy atom. The molecule has 0 aliphatic carbocycles. The summed E-state index contributed by atoms with van der Waals surface area (Å²) in [4.78, 5) is 11.7. The molecule has 2 rings (SSSR count). The molecule has 1 amide bonds. The van der Waals surface area contributed by atoms with Crippen LogP contribution in [0.1, 0.15) is 16.1 Å². The van der Waals surface area contributed by atoms with E-state index in [1.54, 1.807) is 6.07 Å². The molecular weight excluding hydrogens is 227 g/mol. The zero-order chi connectivity index (χ0) is 11.5. The minimum atomic E-state index is -0.356. The second kappa shape index (κ2) is 4.40. The maximum absolute atomic E-state index is 12.6. The molecule has 1 N–H and O–H groups in total. The number of amides is 1. The van der Waals surface area contributed by atoms with Crippen molar-refractivity contribution in [2.45, 2.75) is 6.92 Å². The molecule has 0 saturated carbocycles. The quantitative estimate of drug-likeness (QED) is 0.871. The first kappa shape index (κ1) is 10.8. The van der Waals surface area contributed by atoms with Gasteiger partial charge in [-0.15, -0.1) is 0 Å². The van der Waals surface area contributed by atoms with Crippen molar-refractivity contribution in [3.63, 3.8) is 0 Å². The number of halogens is 1. The van der Waals surface area contributed by atoms with Gasteiger partial charge in [0, 0.05) is 5.56 Å². The summed E-state index contributed by atoms with van der Waals surface area (Å²) in [5.74, 6) is -0.617. The van der Waals surface area contributed by atoms with Gasteiger partial charge in [-0.2, -0.15) is 4.37 Å². The van der Waals surface area contributed by atoms with Crippen molar-refractivity contribution in [1.29, 1.82) is 0 Å². The van der Waals surface area contributed by atoms with Gasteiger partial charge in [0.1, 0.15) is 10.8 Å². The van der Waals surface area contributed by atoms with Crippen molar-refractivity contribution < 1.29 is 9.18 Å². The predicted molar refractivity (Wildman–Crippen MR) is 61.2 cm³/mol. The molecule has 1 heterocycles. The number of aromatic nitrogens is 1. The predicted octanol–water partition coefficient (Wildman–Crippen LogP) is 2.84. The lowest BCUT2D eigenvalue weighted by molar-refractivity contribution is 0.102. The topological polar surface area (TPSA) is 42.0 Å². The summed E-state index contributed by atoms with van der Waals surface area (Å²) >= 11 is 1.22. The molecule has 5 heteroatoms. The van der Waals surface area contributed by atoms with E-state index in [4.69, 9.17) is 0 Å². The van der Waals surface area contributed by atoms with Crippen molar-refractivity contribution in [3.05, 3.63) is 47.4 Å². The fraction of sp³-hybridized carbons (Fsp3) is 0.0909.